The third-order valence-corrected chi connectivity index (χ3v) is 6.17. The summed E-state index contributed by atoms with van der Waals surface area (Å²) in [6.45, 7) is 6.66. The van der Waals surface area contributed by atoms with Gasteiger partial charge in [-0.1, -0.05) is 50.5 Å². The van der Waals surface area contributed by atoms with Gasteiger partial charge in [0.15, 0.2) is 8.32 Å². The molecule has 2 N–H and O–H groups in total. The second-order valence-corrected chi connectivity index (χ2v) is 11.6. The van der Waals surface area contributed by atoms with Crippen LogP contribution in [0.1, 0.15) is 56.6 Å². The Kier molecular flexibility index (Phi) is 9.76. The average Bonchev–Trinajstić information content (AvgIpc) is 2.51. The Hall–Kier alpha value is -0.643. The summed E-state index contributed by atoms with van der Waals surface area (Å²) in [5, 5.41) is 8.79. The molecule has 0 saturated carbocycles. The zero-order valence-electron chi connectivity index (χ0n) is 15.4. The molecule has 0 heterocycles. The van der Waals surface area contributed by atoms with Gasteiger partial charge in [0.25, 0.3) is 0 Å². The molecule has 23 heavy (non-hydrogen) atoms. The molecule has 2 nitrogen and oxygen atoms in total. The summed E-state index contributed by atoms with van der Waals surface area (Å²) < 4.78 is 0. The number of hydrogen-bond donors (Lipinski definition) is 2. The van der Waals surface area contributed by atoms with E-state index in [1.165, 1.54) is 36.8 Å². The quantitative estimate of drug-likeness (QED) is 0.419. The molecule has 0 aromatic heterocycles. The zero-order chi connectivity index (χ0) is 17.1. The number of unbranched alkanes of at least 4 members (excludes halogenated alkanes) is 2. The fraction of sp³-hybridized carbons (Fsp3) is 0.700. The highest BCUT2D eigenvalue weighted by Gasteiger charge is 2.21. The van der Waals surface area contributed by atoms with E-state index in [1.54, 1.807) is 0 Å². The molecule has 0 fully saturated rings. The normalized spacial score (nSPS) is 13.3. The van der Waals surface area contributed by atoms with Crippen LogP contribution in [0.25, 0.3) is 0 Å². The molecule has 0 radical (unpaired) electrons. The highest BCUT2D eigenvalue weighted by molar-refractivity contribution is 6.69. The van der Waals surface area contributed by atoms with E-state index in [1.807, 2.05) is 0 Å². The van der Waals surface area contributed by atoms with Crippen molar-refractivity contribution in [2.45, 2.75) is 77.4 Å². The summed E-state index contributed by atoms with van der Waals surface area (Å²) in [7, 11) is -1.91. The van der Waals surface area contributed by atoms with E-state index in [9.17, 15) is 4.80 Å². The van der Waals surface area contributed by atoms with E-state index < -0.39 is 8.32 Å². The van der Waals surface area contributed by atoms with E-state index in [2.05, 4.69) is 44.3 Å². The lowest BCUT2D eigenvalue weighted by Crippen LogP contribution is -2.28. The first-order valence-corrected chi connectivity index (χ1v) is 12.5. The van der Waals surface area contributed by atoms with Crippen molar-refractivity contribution in [3.8, 4) is 0 Å². The van der Waals surface area contributed by atoms with Gasteiger partial charge in [-0.2, -0.15) is 0 Å². The predicted octanol–water partition coefficient (Wildman–Crippen LogP) is 4.94. The van der Waals surface area contributed by atoms with Crippen molar-refractivity contribution < 1.29 is 9.90 Å². The smallest absolute Gasteiger partial charge is 0.182 e. The van der Waals surface area contributed by atoms with Gasteiger partial charge in [-0.05, 0) is 68.3 Å². The standard InChI is InChI=1S/C20H36O2Si/c1-4-18(17-23(2,3)22)10-8-11-20-14-12-19(13-15-20)9-6-5-7-16-21/h12-15,18,21-22H,4-11,16-17H2,1-3H3. The van der Waals surface area contributed by atoms with Gasteiger partial charge >= 0.3 is 0 Å². The number of aryl methyl sites for hydroxylation is 2. The monoisotopic (exact) mass is 336 g/mol. The van der Waals surface area contributed by atoms with Crippen molar-refractivity contribution in [3.63, 3.8) is 0 Å². The number of benzene rings is 1. The number of aliphatic hydroxyl groups excluding tert-OH is 1. The number of rotatable bonds is 12. The predicted molar refractivity (Wildman–Crippen MR) is 102 cm³/mol. The van der Waals surface area contributed by atoms with Crippen LogP contribution in [-0.4, -0.2) is 24.8 Å². The molecule has 1 rings (SSSR count). The van der Waals surface area contributed by atoms with E-state index in [-0.39, 0.29) is 0 Å². The minimum atomic E-state index is -1.91. The Balaban J connectivity index is 2.29. The fourth-order valence-electron chi connectivity index (χ4n) is 3.24. The summed E-state index contributed by atoms with van der Waals surface area (Å²) >= 11 is 0. The minimum Gasteiger partial charge on any atom is -0.432 e. The van der Waals surface area contributed by atoms with Crippen LogP contribution >= 0.6 is 0 Å². The highest BCUT2D eigenvalue weighted by atomic mass is 28.4. The Morgan fingerprint density at radius 3 is 1.96 bits per heavy atom. The van der Waals surface area contributed by atoms with Crippen LogP contribution in [-0.2, 0) is 12.8 Å². The molecular formula is C20H36O2Si. The van der Waals surface area contributed by atoms with Gasteiger partial charge in [0.2, 0.25) is 0 Å². The summed E-state index contributed by atoms with van der Waals surface area (Å²) in [6.07, 6.45) is 9.10. The first-order chi connectivity index (χ1) is 10.9. The third kappa shape index (κ3) is 9.95. The summed E-state index contributed by atoms with van der Waals surface area (Å²) in [6, 6.07) is 10.1. The van der Waals surface area contributed by atoms with Crippen molar-refractivity contribution in [2.24, 2.45) is 5.92 Å². The molecule has 1 atom stereocenters. The van der Waals surface area contributed by atoms with Gasteiger partial charge in [0.1, 0.15) is 0 Å². The van der Waals surface area contributed by atoms with Crippen LogP contribution in [0.15, 0.2) is 24.3 Å². The lowest BCUT2D eigenvalue weighted by Gasteiger charge is -2.21. The molecular weight excluding hydrogens is 300 g/mol. The molecule has 0 aliphatic carbocycles. The van der Waals surface area contributed by atoms with Crippen LogP contribution in [0.3, 0.4) is 0 Å². The summed E-state index contributed by atoms with van der Waals surface area (Å²) in [5.74, 6) is 0.687. The second-order valence-electron chi connectivity index (χ2n) is 7.53. The molecule has 0 bridgehead atoms. The van der Waals surface area contributed by atoms with Gasteiger partial charge < -0.3 is 9.90 Å². The lowest BCUT2D eigenvalue weighted by atomic mass is 9.98. The molecule has 132 valence electrons. The molecule has 0 aliphatic rings. The van der Waals surface area contributed by atoms with E-state index in [4.69, 9.17) is 5.11 Å². The van der Waals surface area contributed by atoms with Crippen molar-refractivity contribution >= 4 is 8.32 Å². The minimum absolute atomic E-state index is 0.313. The Labute approximate surface area is 144 Å². The third-order valence-electron chi connectivity index (χ3n) is 4.59. The first-order valence-electron chi connectivity index (χ1n) is 9.35. The second kappa shape index (κ2) is 11.0. The summed E-state index contributed by atoms with van der Waals surface area (Å²) in [5.41, 5.74) is 2.84. The Morgan fingerprint density at radius 2 is 1.48 bits per heavy atom. The lowest BCUT2D eigenvalue weighted by molar-refractivity contribution is 0.283. The van der Waals surface area contributed by atoms with Gasteiger partial charge in [-0.25, -0.2) is 0 Å². The molecule has 0 saturated heterocycles. The molecule has 1 unspecified atom stereocenters. The van der Waals surface area contributed by atoms with Crippen LogP contribution in [0, 0.1) is 5.92 Å². The number of aliphatic hydroxyl groups is 1. The van der Waals surface area contributed by atoms with E-state index in [0.29, 0.717) is 12.5 Å². The topological polar surface area (TPSA) is 40.5 Å². The fourth-order valence-corrected chi connectivity index (χ4v) is 5.15. The average molecular weight is 337 g/mol. The van der Waals surface area contributed by atoms with Crippen molar-refractivity contribution in [3.05, 3.63) is 35.4 Å². The van der Waals surface area contributed by atoms with E-state index in [0.717, 1.165) is 31.7 Å². The van der Waals surface area contributed by atoms with Gasteiger partial charge in [0.05, 0.1) is 0 Å². The van der Waals surface area contributed by atoms with Crippen molar-refractivity contribution in [1.29, 1.82) is 0 Å². The SMILES string of the molecule is CCC(CCCc1ccc(CCCCCO)cc1)C[Si](C)(C)O. The van der Waals surface area contributed by atoms with Gasteiger partial charge in [0, 0.05) is 6.61 Å². The molecule has 0 spiro atoms. The molecule has 3 heteroatoms. The molecule has 1 aromatic carbocycles. The first kappa shape index (κ1) is 20.4. The molecule has 0 aliphatic heterocycles. The maximum atomic E-state index is 10.1. The number of hydrogen-bond acceptors (Lipinski definition) is 2. The van der Waals surface area contributed by atoms with Crippen molar-refractivity contribution in [2.75, 3.05) is 6.61 Å². The van der Waals surface area contributed by atoms with Crippen LogP contribution in [0.5, 0.6) is 0 Å². The molecule has 1 aromatic rings. The van der Waals surface area contributed by atoms with Crippen LogP contribution in [0.4, 0.5) is 0 Å². The largest absolute Gasteiger partial charge is 0.432 e. The maximum absolute atomic E-state index is 10.1. The highest BCUT2D eigenvalue weighted by Crippen LogP contribution is 2.23. The molecule has 0 amide bonds. The van der Waals surface area contributed by atoms with E-state index >= 15 is 0 Å². The maximum Gasteiger partial charge on any atom is 0.182 e. The Morgan fingerprint density at radius 1 is 0.913 bits per heavy atom. The van der Waals surface area contributed by atoms with Crippen LogP contribution in [0.2, 0.25) is 19.1 Å². The van der Waals surface area contributed by atoms with Gasteiger partial charge in [-0.15, -0.1) is 0 Å². The summed E-state index contributed by atoms with van der Waals surface area (Å²) in [4.78, 5) is 10.1. The van der Waals surface area contributed by atoms with Crippen LogP contribution < -0.4 is 0 Å². The zero-order valence-corrected chi connectivity index (χ0v) is 16.4. The van der Waals surface area contributed by atoms with Crippen molar-refractivity contribution in [1.82, 2.24) is 0 Å². The Bertz CT molecular complexity index is 409. The van der Waals surface area contributed by atoms with Gasteiger partial charge in [-0.3, -0.25) is 0 Å².